The number of carbonyl (C=O) groups excluding carboxylic acids is 2. The van der Waals surface area contributed by atoms with Crippen molar-refractivity contribution in [2.24, 2.45) is 5.10 Å². The summed E-state index contributed by atoms with van der Waals surface area (Å²) < 4.78 is 5.55. The molecule has 0 bridgehead atoms. The Morgan fingerprint density at radius 2 is 2.00 bits per heavy atom. The molecular formula is C16H21N3O3. The molecule has 0 aliphatic heterocycles. The first kappa shape index (κ1) is 16.0. The van der Waals surface area contributed by atoms with Crippen LogP contribution in [0.2, 0.25) is 0 Å². The fraction of sp³-hybridized carbons (Fsp3) is 0.438. The van der Waals surface area contributed by atoms with Gasteiger partial charge in [-0.2, -0.15) is 5.10 Å². The fourth-order valence-electron chi connectivity index (χ4n) is 1.68. The lowest BCUT2D eigenvalue weighted by molar-refractivity contribution is -0.139. The van der Waals surface area contributed by atoms with Gasteiger partial charge in [-0.1, -0.05) is 13.3 Å². The lowest BCUT2D eigenvalue weighted by Crippen LogP contribution is -2.38. The van der Waals surface area contributed by atoms with Crippen LogP contribution in [0.3, 0.4) is 0 Å². The summed E-state index contributed by atoms with van der Waals surface area (Å²) in [4.78, 5) is 22.8. The third-order valence-electron chi connectivity index (χ3n) is 3.15. The van der Waals surface area contributed by atoms with Crippen molar-refractivity contribution in [2.75, 3.05) is 6.61 Å². The summed E-state index contributed by atoms with van der Waals surface area (Å²) in [6.07, 6.45) is 5.49. The number of nitrogens with one attached hydrogen (secondary N) is 2. The molecule has 0 spiro atoms. The number of unbranched alkanes of at least 4 members (excludes halogenated alkanes) is 1. The Kier molecular flexibility index (Phi) is 5.94. The van der Waals surface area contributed by atoms with Crippen LogP contribution < -0.4 is 15.5 Å². The molecule has 2 amide bonds. The molecule has 1 aliphatic carbocycles. The number of carbonyl (C=O) groups is 2. The van der Waals surface area contributed by atoms with Gasteiger partial charge in [0.05, 0.1) is 12.8 Å². The summed E-state index contributed by atoms with van der Waals surface area (Å²) >= 11 is 0. The maximum absolute atomic E-state index is 11.4. The molecule has 1 aliphatic rings. The zero-order chi connectivity index (χ0) is 15.8. The van der Waals surface area contributed by atoms with Crippen molar-refractivity contribution in [3.05, 3.63) is 29.8 Å². The van der Waals surface area contributed by atoms with Crippen LogP contribution in [0, 0.1) is 0 Å². The van der Waals surface area contributed by atoms with Crippen molar-refractivity contribution in [1.29, 1.82) is 0 Å². The smallest absolute Gasteiger partial charge is 0.329 e. The third-order valence-corrected chi connectivity index (χ3v) is 3.15. The predicted molar refractivity (Wildman–Crippen MR) is 83.7 cm³/mol. The second-order valence-corrected chi connectivity index (χ2v) is 5.22. The summed E-state index contributed by atoms with van der Waals surface area (Å²) in [5, 5.41) is 6.36. The summed E-state index contributed by atoms with van der Waals surface area (Å²) in [6.45, 7) is 2.82. The van der Waals surface area contributed by atoms with Crippen LogP contribution in [0.5, 0.6) is 5.75 Å². The molecule has 0 heterocycles. The van der Waals surface area contributed by atoms with Crippen LogP contribution in [0.15, 0.2) is 29.4 Å². The van der Waals surface area contributed by atoms with Gasteiger partial charge in [-0.25, -0.2) is 5.43 Å². The van der Waals surface area contributed by atoms with Crippen molar-refractivity contribution >= 4 is 18.0 Å². The highest BCUT2D eigenvalue weighted by molar-refractivity contribution is 6.35. The molecule has 6 heteroatoms. The van der Waals surface area contributed by atoms with E-state index < -0.39 is 11.8 Å². The van der Waals surface area contributed by atoms with Crippen LogP contribution in [0.4, 0.5) is 0 Å². The van der Waals surface area contributed by atoms with E-state index in [0.717, 1.165) is 37.0 Å². The average molecular weight is 303 g/mol. The van der Waals surface area contributed by atoms with Gasteiger partial charge in [-0.15, -0.1) is 0 Å². The van der Waals surface area contributed by atoms with Gasteiger partial charge < -0.3 is 10.1 Å². The number of benzene rings is 1. The Balaban J connectivity index is 1.74. The first-order valence-corrected chi connectivity index (χ1v) is 7.56. The Hall–Kier alpha value is -2.37. The molecule has 0 radical (unpaired) electrons. The van der Waals surface area contributed by atoms with Gasteiger partial charge in [0.15, 0.2) is 0 Å². The average Bonchev–Trinajstić information content (AvgIpc) is 3.33. The van der Waals surface area contributed by atoms with Crippen LogP contribution in [-0.2, 0) is 9.59 Å². The predicted octanol–water partition coefficient (Wildman–Crippen LogP) is 1.59. The van der Waals surface area contributed by atoms with E-state index in [1.807, 2.05) is 24.3 Å². The Labute approximate surface area is 129 Å². The number of hydrazone groups is 1. The number of rotatable bonds is 7. The van der Waals surface area contributed by atoms with E-state index in [1.54, 1.807) is 0 Å². The summed E-state index contributed by atoms with van der Waals surface area (Å²) in [5.41, 5.74) is 3.02. The van der Waals surface area contributed by atoms with E-state index >= 15 is 0 Å². The standard InChI is InChI=1S/C16H21N3O3/c1-2-3-10-22-14-8-4-12(5-9-14)11-17-19-16(21)15(20)18-13-6-7-13/h4-5,8-9,11,13H,2-3,6-7,10H2,1H3,(H,18,20)(H,19,21)/b17-11-. The molecule has 118 valence electrons. The number of amides is 2. The van der Waals surface area contributed by atoms with E-state index in [4.69, 9.17) is 4.74 Å². The van der Waals surface area contributed by atoms with Crippen molar-refractivity contribution in [3.8, 4) is 5.75 Å². The van der Waals surface area contributed by atoms with Crippen LogP contribution in [0.1, 0.15) is 38.2 Å². The molecule has 0 unspecified atom stereocenters. The van der Waals surface area contributed by atoms with Crippen molar-refractivity contribution in [1.82, 2.24) is 10.7 Å². The summed E-state index contributed by atoms with van der Waals surface area (Å²) in [5.74, 6) is -0.583. The van der Waals surface area contributed by atoms with Gasteiger partial charge in [0.25, 0.3) is 0 Å². The number of nitrogens with zero attached hydrogens (tertiary/aromatic N) is 1. The van der Waals surface area contributed by atoms with Gasteiger partial charge in [0.1, 0.15) is 5.75 Å². The Bertz CT molecular complexity index is 536. The van der Waals surface area contributed by atoms with Gasteiger partial charge in [0, 0.05) is 6.04 Å². The summed E-state index contributed by atoms with van der Waals surface area (Å²) in [7, 11) is 0. The minimum atomic E-state index is -0.748. The topological polar surface area (TPSA) is 79.8 Å². The molecule has 22 heavy (non-hydrogen) atoms. The molecule has 1 saturated carbocycles. The highest BCUT2D eigenvalue weighted by Crippen LogP contribution is 2.18. The van der Waals surface area contributed by atoms with E-state index in [2.05, 4.69) is 22.8 Å². The van der Waals surface area contributed by atoms with Gasteiger partial charge >= 0.3 is 11.8 Å². The maximum Gasteiger partial charge on any atom is 0.329 e. The minimum Gasteiger partial charge on any atom is -0.494 e. The molecular weight excluding hydrogens is 282 g/mol. The molecule has 0 atom stereocenters. The van der Waals surface area contributed by atoms with Crippen LogP contribution in [0.25, 0.3) is 0 Å². The normalized spacial score (nSPS) is 13.9. The first-order valence-electron chi connectivity index (χ1n) is 7.56. The van der Waals surface area contributed by atoms with Gasteiger partial charge in [-0.3, -0.25) is 9.59 Å². The lowest BCUT2D eigenvalue weighted by atomic mass is 10.2. The highest BCUT2D eigenvalue weighted by atomic mass is 16.5. The van der Waals surface area contributed by atoms with E-state index in [-0.39, 0.29) is 6.04 Å². The van der Waals surface area contributed by atoms with Gasteiger partial charge in [0.2, 0.25) is 0 Å². The number of ether oxygens (including phenoxy) is 1. The largest absolute Gasteiger partial charge is 0.494 e. The number of hydrogen-bond acceptors (Lipinski definition) is 4. The van der Waals surface area contributed by atoms with Crippen molar-refractivity contribution in [3.63, 3.8) is 0 Å². The Morgan fingerprint density at radius 3 is 2.64 bits per heavy atom. The minimum absolute atomic E-state index is 0.155. The SMILES string of the molecule is CCCCOc1ccc(/C=N\NC(=O)C(=O)NC2CC2)cc1. The monoisotopic (exact) mass is 303 g/mol. The van der Waals surface area contributed by atoms with E-state index in [0.29, 0.717) is 6.61 Å². The molecule has 1 aromatic carbocycles. The second kappa shape index (κ2) is 8.17. The summed E-state index contributed by atoms with van der Waals surface area (Å²) in [6, 6.07) is 7.52. The number of hydrogen-bond donors (Lipinski definition) is 2. The van der Waals surface area contributed by atoms with E-state index in [9.17, 15) is 9.59 Å². The van der Waals surface area contributed by atoms with E-state index in [1.165, 1.54) is 6.21 Å². The van der Waals surface area contributed by atoms with Crippen LogP contribution >= 0.6 is 0 Å². The second-order valence-electron chi connectivity index (χ2n) is 5.22. The first-order chi connectivity index (χ1) is 10.7. The maximum atomic E-state index is 11.4. The zero-order valence-corrected chi connectivity index (χ0v) is 12.7. The molecule has 0 saturated heterocycles. The van der Waals surface area contributed by atoms with Gasteiger partial charge in [-0.05, 0) is 49.1 Å². The van der Waals surface area contributed by atoms with Crippen molar-refractivity contribution in [2.45, 2.75) is 38.6 Å². The quantitative estimate of drug-likeness (QED) is 0.347. The molecule has 2 rings (SSSR count). The fourth-order valence-corrected chi connectivity index (χ4v) is 1.68. The molecule has 6 nitrogen and oxygen atoms in total. The highest BCUT2D eigenvalue weighted by Gasteiger charge is 2.26. The molecule has 2 N–H and O–H groups in total. The zero-order valence-electron chi connectivity index (χ0n) is 12.7. The van der Waals surface area contributed by atoms with Crippen molar-refractivity contribution < 1.29 is 14.3 Å². The molecule has 1 aromatic rings. The van der Waals surface area contributed by atoms with Crippen LogP contribution in [-0.4, -0.2) is 30.7 Å². The molecule has 1 fully saturated rings. The molecule has 0 aromatic heterocycles. The Morgan fingerprint density at radius 1 is 1.27 bits per heavy atom. The third kappa shape index (κ3) is 5.55. The lowest BCUT2D eigenvalue weighted by Gasteiger charge is -2.05.